The number of rotatable bonds is 27. The second kappa shape index (κ2) is 24.3. The van der Waals surface area contributed by atoms with E-state index in [1.165, 1.54) is 148 Å². The van der Waals surface area contributed by atoms with E-state index in [-0.39, 0.29) is 0 Å². The fourth-order valence-electron chi connectivity index (χ4n) is 8.37. The lowest BCUT2D eigenvalue weighted by atomic mass is 9.90. The topological polar surface area (TPSA) is 44.2 Å². The van der Waals surface area contributed by atoms with Crippen molar-refractivity contribution < 1.29 is 9.47 Å². The van der Waals surface area contributed by atoms with Crippen molar-refractivity contribution in [2.24, 2.45) is 0 Å². The molecule has 6 aromatic rings. The van der Waals surface area contributed by atoms with Crippen molar-refractivity contribution in [2.45, 2.75) is 142 Å². The van der Waals surface area contributed by atoms with Gasteiger partial charge in [-0.05, 0) is 105 Å². The molecule has 0 spiro atoms. The van der Waals surface area contributed by atoms with Crippen molar-refractivity contribution in [2.75, 3.05) is 13.2 Å². The van der Waals surface area contributed by atoms with Gasteiger partial charge in [0.05, 0.1) is 13.2 Å². The van der Waals surface area contributed by atoms with Crippen LogP contribution in [0.4, 0.5) is 0 Å². The summed E-state index contributed by atoms with van der Waals surface area (Å²) >= 11 is 0. The van der Waals surface area contributed by atoms with Crippen LogP contribution in [0.15, 0.2) is 110 Å². The summed E-state index contributed by atoms with van der Waals surface area (Å²) in [6.07, 6.45) is 33.5. The molecule has 0 fully saturated rings. The highest BCUT2D eigenvalue weighted by molar-refractivity contribution is 6.11. The van der Waals surface area contributed by atoms with Crippen LogP contribution in [-0.4, -0.2) is 23.2 Å². The van der Waals surface area contributed by atoms with Crippen LogP contribution in [0.1, 0.15) is 142 Å². The molecule has 6 rings (SSSR count). The molecule has 4 nitrogen and oxygen atoms in total. The maximum atomic E-state index is 6.82. The van der Waals surface area contributed by atoms with E-state index in [1.54, 1.807) is 0 Å². The van der Waals surface area contributed by atoms with E-state index < -0.39 is 0 Å². The Balaban J connectivity index is 1.27. The highest BCUT2D eigenvalue weighted by Crippen LogP contribution is 2.47. The summed E-state index contributed by atoms with van der Waals surface area (Å²) in [4.78, 5) is 8.52. The summed E-state index contributed by atoms with van der Waals surface area (Å²) in [6, 6.07) is 30.8. The molecule has 0 saturated carbocycles. The SMILES string of the molecule is CCCCCCCCCCCCOc1ccc2cc(-c3ccncc3)ccc2c1-c1c(OCCCCCCCCCCCC)ccc2cc(-c3ccncc3)ccc12. The third kappa shape index (κ3) is 12.6. The largest absolute Gasteiger partial charge is 0.493 e. The van der Waals surface area contributed by atoms with E-state index in [4.69, 9.17) is 9.47 Å². The zero-order chi connectivity index (χ0) is 40.0. The van der Waals surface area contributed by atoms with E-state index in [2.05, 4.69) is 109 Å². The highest BCUT2D eigenvalue weighted by Gasteiger charge is 2.20. The van der Waals surface area contributed by atoms with Gasteiger partial charge < -0.3 is 9.47 Å². The second-order valence-electron chi connectivity index (χ2n) is 16.3. The number of hydrogen-bond donors (Lipinski definition) is 0. The number of fused-ring (bicyclic) bond motifs is 2. The Bertz CT molecular complexity index is 1930. The Hall–Kier alpha value is -4.70. The molecule has 306 valence electrons. The molecule has 4 heteroatoms. The number of pyridine rings is 2. The van der Waals surface area contributed by atoms with Crippen molar-refractivity contribution in [3.63, 3.8) is 0 Å². The Kier molecular flexibility index (Phi) is 18.0. The number of benzene rings is 4. The summed E-state index contributed by atoms with van der Waals surface area (Å²) in [5.41, 5.74) is 6.91. The molecule has 0 aliphatic rings. The van der Waals surface area contributed by atoms with Gasteiger partial charge in [-0.25, -0.2) is 0 Å². The minimum absolute atomic E-state index is 0.704. The molecule has 0 unspecified atom stereocenters. The van der Waals surface area contributed by atoms with Crippen LogP contribution in [0.2, 0.25) is 0 Å². The van der Waals surface area contributed by atoms with Crippen LogP contribution < -0.4 is 9.47 Å². The van der Waals surface area contributed by atoms with Gasteiger partial charge in [0, 0.05) is 35.9 Å². The predicted molar refractivity (Wildman–Crippen MR) is 248 cm³/mol. The molecule has 0 aliphatic heterocycles. The van der Waals surface area contributed by atoms with Gasteiger partial charge in [0.15, 0.2) is 0 Å². The summed E-state index contributed by atoms with van der Waals surface area (Å²) in [6.45, 7) is 5.99. The molecule has 0 aliphatic carbocycles. The average Bonchev–Trinajstić information content (AvgIpc) is 3.27. The zero-order valence-corrected chi connectivity index (χ0v) is 35.7. The number of aromatic nitrogens is 2. The van der Waals surface area contributed by atoms with Crippen LogP contribution in [0.5, 0.6) is 11.5 Å². The second-order valence-corrected chi connectivity index (χ2v) is 16.3. The van der Waals surface area contributed by atoms with Crippen LogP contribution in [0, 0.1) is 0 Å². The van der Waals surface area contributed by atoms with Crippen LogP contribution in [0.3, 0.4) is 0 Å². The summed E-state index contributed by atoms with van der Waals surface area (Å²) in [5.74, 6) is 1.85. The molecule has 0 radical (unpaired) electrons. The summed E-state index contributed by atoms with van der Waals surface area (Å²) in [5, 5.41) is 4.71. The molecule has 4 aromatic carbocycles. The minimum atomic E-state index is 0.704. The van der Waals surface area contributed by atoms with E-state index in [9.17, 15) is 0 Å². The highest BCUT2D eigenvalue weighted by atomic mass is 16.5. The Morgan fingerprint density at radius 1 is 0.345 bits per heavy atom. The molecule has 0 amide bonds. The predicted octanol–water partition coefficient (Wildman–Crippen LogP) is 16.4. The van der Waals surface area contributed by atoms with Gasteiger partial charge in [0.1, 0.15) is 11.5 Å². The number of hydrogen-bond acceptors (Lipinski definition) is 4. The van der Waals surface area contributed by atoms with E-state index in [0.717, 1.165) is 46.6 Å². The van der Waals surface area contributed by atoms with Crippen molar-refractivity contribution >= 4 is 21.5 Å². The Morgan fingerprint density at radius 2 is 0.690 bits per heavy atom. The van der Waals surface area contributed by atoms with E-state index in [0.29, 0.717) is 13.2 Å². The van der Waals surface area contributed by atoms with Gasteiger partial charge in [-0.15, -0.1) is 0 Å². The molecule has 2 heterocycles. The third-order valence-corrected chi connectivity index (χ3v) is 11.8. The molecule has 0 atom stereocenters. The van der Waals surface area contributed by atoms with Crippen LogP contribution in [0.25, 0.3) is 54.9 Å². The Morgan fingerprint density at radius 3 is 1.05 bits per heavy atom. The summed E-state index contributed by atoms with van der Waals surface area (Å²) < 4.78 is 13.6. The van der Waals surface area contributed by atoms with Gasteiger partial charge in [0.25, 0.3) is 0 Å². The van der Waals surface area contributed by atoms with Crippen molar-refractivity contribution in [1.29, 1.82) is 0 Å². The third-order valence-electron chi connectivity index (χ3n) is 11.8. The molecular weight excluding hydrogens is 709 g/mol. The minimum Gasteiger partial charge on any atom is -0.493 e. The lowest BCUT2D eigenvalue weighted by Crippen LogP contribution is -2.03. The van der Waals surface area contributed by atoms with Gasteiger partial charge in [-0.2, -0.15) is 0 Å². The molecule has 58 heavy (non-hydrogen) atoms. The number of unbranched alkanes of at least 4 members (excludes halogenated alkanes) is 18. The molecule has 0 bridgehead atoms. The van der Waals surface area contributed by atoms with Crippen molar-refractivity contribution in [3.05, 3.63) is 110 Å². The van der Waals surface area contributed by atoms with Gasteiger partial charge in [-0.3, -0.25) is 9.97 Å². The van der Waals surface area contributed by atoms with Crippen molar-refractivity contribution in [1.82, 2.24) is 9.97 Å². The van der Waals surface area contributed by atoms with Gasteiger partial charge in [0.2, 0.25) is 0 Å². The fourth-order valence-corrected chi connectivity index (χ4v) is 8.37. The maximum absolute atomic E-state index is 6.82. The zero-order valence-electron chi connectivity index (χ0n) is 35.7. The maximum Gasteiger partial charge on any atom is 0.127 e. The van der Waals surface area contributed by atoms with E-state index >= 15 is 0 Å². The Labute approximate surface area is 349 Å². The lowest BCUT2D eigenvalue weighted by molar-refractivity contribution is 0.301. The monoisotopic (exact) mass is 777 g/mol. The molecular formula is C54H68N2O2. The van der Waals surface area contributed by atoms with Crippen LogP contribution >= 0.6 is 0 Å². The van der Waals surface area contributed by atoms with Gasteiger partial charge >= 0.3 is 0 Å². The summed E-state index contributed by atoms with van der Waals surface area (Å²) in [7, 11) is 0. The first-order valence-corrected chi connectivity index (χ1v) is 23.0. The van der Waals surface area contributed by atoms with Crippen LogP contribution in [-0.2, 0) is 0 Å². The first kappa shape index (κ1) is 42.9. The average molecular weight is 777 g/mol. The first-order valence-electron chi connectivity index (χ1n) is 23.0. The molecule has 0 N–H and O–H groups in total. The smallest absolute Gasteiger partial charge is 0.127 e. The first-order chi connectivity index (χ1) is 28.8. The lowest BCUT2D eigenvalue weighted by Gasteiger charge is -2.20. The van der Waals surface area contributed by atoms with Gasteiger partial charge in [-0.1, -0.05) is 166 Å². The standard InChI is InChI=1S/C54H68N2O2/c1-3-5-7-9-11-13-15-17-19-21-39-57-51-29-25-47-41-45(43-31-35-55-36-32-43)23-27-49(47)53(51)54-50-28-24-46(44-33-37-56-38-34-44)42-48(50)26-30-52(54)58-40-22-20-18-16-14-12-10-8-6-4-2/h23-38,41-42H,3-22,39-40H2,1-2H3. The quantitative estimate of drug-likeness (QED) is 0.0489. The van der Waals surface area contributed by atoms with Crippen molar-refractivity contribution in [3.8, 4) is 44.9 Å². The number of nitrogens with zero attached hydrogens (tertiary/aromatic N) is 2. The fraction of sp³-hybridized carbons (Fsp3) is 0.444. The normalized spacial score (nSPS) is 11.4. The molecule has 2 aromatic heterocycles. The number of ether oxygens (including phenoxy) is 2. The van der Waals surface area contributed by atoms with E-state index in [1.807, 2.05) is 24.8 Å². The molecule has 0 saturated heterocycles.